The smallest absolute Gasteiger partial charge is 0.262 e. The highest BCUT2D eigenvalue weighted by atomic mass is 19.1. The molecule has 53 heavy (non-hydrogen) atoms. The van der Waals surface area contributed by atoms with Gasteiger partial charge in [0, 0.05) is 55.0 Å². The van der Waals surface area contributed by atoms with E-state index in [-0.39, 0.29) is 28.9 Å². The number of rotatable bonds is 11. The van der Waals surface area contributed by atoms with Gasteiger partial charge >= 0.3 is 0 Å². The second kappa shape index (κ2) is 16.3. The summed E-state index contributed by atoms with van der Waals surface area (Å²) in [6.07, 6.45) is 6.50. The third kappa shape index (κ3) is 8.52. The number of aromatic nitrogens is 4. The number of hydrogen-bond donors (Lipinski definition) is 2. The lowest BCUT2D eigenvalue weighted by Gasteiger charge is -2.23. The van der Waals surface area contributed by atoms with Crippen molar-refractivity contribution in [3.63, 3.8) is 0 Å². The Morgan fingerprint density at radius 3 is 2.47 bits per heavy atom. The molecule has 1 atom stereocenters. The van der Waals surface area contributed by atoms with E-state index in [2.05, 4.69) is 20.5 Å². The van der Waals surface area contributed by atoms with Crippen LogP contribution in [-0.4, -0.2) is 78.5 Å². The normalized spacial score (nSPS) is 16.2. The Morgan fingerprint density at radius 2 is 1.74 bits per heavy atom. The first-order chi connectivity index (χ1) is 25.8. The van der Waals surface area contributed by atoms with E-state index in [9.17, 15) is 14.0 Å². The summed E-state index contributed by atoms with van der Waals surface area (Å²) >= 11 is 0. The maximum Gasteiger partial charge on any atom is 0.262 e. The molecule has 14 heteroatoms. The number of carbonyl (C=O) groups is 1. The molecule has 2 fully saturated rings. The molecule has 2 aliphatic rings. The van der Waals surface area contributed by atoms with Crippen molar-refractivity contribution in [1.82, 2.24) is 19.7 Å². The summed E-state index contributed by atoms with van der Waals surface area (Å²) in [5.41, 5.74) is 9.02. The molecule has 0 radical (unpaired) electrons. The quantitative estimate of drug-likeness (QED) is 0.184. The van der Waals surface area contributed by atoms with Crippen LogP contribution in [0.15, 0.2) is 84.0 Å². The van der Waals surface area contributed by atoms with E-state index in [0.29, 0.717) is 80.4 Å². The summed E-state index contributed by atoms with van der Waals surface area (Å²) in [6.45, 7) is 3.83. The number of anilines is 2. The molecule has 2 saturated heterocycles. The van der Waals surface area contributed by atoms with Crippen molar-refractivity contribution in [2.45, 2.75) is 25.5 Å². The van der Waals surface area contributed by atoms with Gasteiger partial charge in [0.15, 0.2) is 17.3 Å². The van der Waals surface area contributed by atoms with Gasteiger partial charge in [-0.2, -0.15) is 0 Å². The first kappa shape index (κ1) is 35.7. The molecule has 0 saturated carbocycles. The van der Waals surface area contributed by atoms with Gasteiger partial charge in [-0.05, 0) is 72.4 Å². The lowest BCUT2D eigenvalue weighted by Crippen LogP contribution is -2.33. The monoisotopic (exact) mass is 722 g/mol. The highest BCUT2D eigenvalue weighted by molar-refractivity contribution is 6.04. The highest BCUT2D eigenvalue weighted by Crippen LogP contribution is 2.35. The van der Waals surface area contributed by atoms with Crippen molar-refractivity contribution in [1.29, 1.82) is 0 Å². The van der Waals surface area contributed by atoms with Gasteiger partial charge in [0.25, 0.3) is 5.91 Å². The van der Waals surface area contributed by atoms with Crippen molar-refractivity contribution < 1.29 is 32.9 Å². The summed E-state index contributed by atoms with van der Waals surface area (Å²) in [5, 5.41) is 11.2. The molecule has 5 heterocycles. The van der Waals surface area contributed by atoms with E-state index in [4.69, 9.17) is 29.4 Å². The standard InChI is InChI=1S/C39H39FN6O7/c1-49-35-17-26(4-8-34(35)53-23-29-22-51-14-15-52-29)27-16-30(38(41)42-18-27)33-7-9-36(45-44-33)43-39(48)32-21-46(19-24-10-12-50-13-11-24)20-31(37(32)47)25-2-5-28(40)6-3-25/h2-9,16-18,20-21,24,29H,10-15,19,22-23H2,1H3,(H2,41,42)(H,43,45,48)/t29-/m1/s1. The molecule has 0 unspecified atom stereocenters. The number of methoxy groups -OCH3 is 1. The molecule has 1 amide bonds. The average Bonchev–Trinajstić information content (AvgIpc) is 3.19. The van der Waals surface area contributed by atoms with Crippen LogP contribution in [0.2, 0.25) is 0 Å². The van der Waals surface area contributed by atoms with Crippen LogP contribution in [0.25, 0.3) is 33.5 Å². The van der Waals surface area contributed by atoms with Gasteiger partial charge in [-0.1, -0.05) is 18.2 Å². The van der Waals surface area contributed by atoms with Gasteiger partial charge in [0.2, 0.25) is 5.43 Å². The summed E-state index contributed by atoms with van der Waals surface area (Å²) in [7, 11) is 1.57. The van der Waals surface area contributed by atoms with Gasteiger partial charge in [-0.3, -0.25) is 9.59 Å². The largest absolute Gasteiger partial charge is 0.493 e. The van der Waals surface area contributed by atoms with E-state index in [0.717, 1.165) is 24.0 Å². The first-order valence-electron chi connectivity index (χ1n) is 17.3. The molecular formula is C39H39FN6O7. The highest BCUT2D eigenvalue weighted by Gasteiger charge is 2.21. The lowest BCUT2D eigenvalue weighted by atomic mass is 9.99. The average molecular weight is 723 g/mol. The lowest BCUT2D eigenvalue weighted by molar-refractivity contribution is -0.101. The summed E-state index contributed by atoms with van der Waals surface area (Å²) in [5.74, 6) is 0.729. The number of pyridine rings is 2. The van der Waals surface area contributed by atoms with Crippen LogP contribution in [0, 0.1) is 11.7 Å². The predicted molar refractivity (Wildman–Crippen MR) is 195 cm³/mol. The van der Waals surface area contributed by atoms with E-state index in [1.807, 2.05) is 28.8 Å². The molecule has 3 aromatic heterocycles. The molecule has 0 bridgehead atoms. The Kier molecular flexibility index (Phi) is 11.0. The topological polar surface area (TPSA) is 162 Å². The zero-order valence-corrected chi connectivity index (χ0v) is 29.1. The van der Waals surface area contributed by atoms with Gasteiger partial charge in [0.1, 0.15) is 29.9 Å². The van der Waals surface area contributed by atoms with Crippen molar-refractivity contribution in [3.8, 4) is 45.0 Å². The van der Waals surface area contributed by atoms with Crippen LogP contribution in [0.1, 0.15) is 23.2 Å². The summed E-state index contributed by atoms with van der Waals surface area (Å²) in [4.78, 5) is 31.6. The first-order valence-corrected chi connectivity index (χ1v) is 17.3. The van der Waals surface area contributed by atoms with E-state index in [1.165, 1.54) is 24.3 Å². The zero-order chi connectivity index (χ0) is 36.7. The fraction of sp³-hybridized carbons (Fsp3) is 0.308. The van der Waals surface area contributed by atoms with Crippen LogP contribution >= 0.6 is 0 Å². The van der Waals surface area contributed by atoms with Gasteiger partial charge in [0.05, 0.1) is 32.6 Å². The van der Waals surface area contributed by atoms with E-state index < -0.39 is 17.2 Å². The van der Waals surface area contributed by atoms with Crippen molar-refractivity contribution in [3.05, 3.63) is 101 Å². The number of hydrogen-bond acceptors (Lipinski definition) is 11. The maximum absolute atomic E-state index is 13.7. The van der Waals surface area contributed by atoms with Crippen molar-refractivity contribution in [2.24, 2.45) is 5.92 Å². The number of halogens is 1. The Hall–Kier alpha value is -5.70. The summed E-state index contributed by atoms with van der Waals surface area (Å²) < 4.78 is 43.7. The number of nitrogen functional groups attached to an aromatic ring is 1. The van der Waals surface area contributed by atoms with Crippen LogP contribution in [0.3, 0.4) is 0 Å². The third-order valence-corrected chi connectivity index (χ3v) is 9.20. The van der Waals surface area contributed by atoms with E-state index >= 15 is 0 Å². The van der Waals surface area contributed by atoms with Crippen molar-refractivity contribution >= 4 is 17.5 Å². The second-order valence-electron chi connectivity index (χ2n) is 12.8. The number of nitrogens with two attached hydrogens (primary N) is 1. The van der Waals surface area contributed by atoms with Crippen LogP contribution < -0.4 is 26.0 Å². The molecule has 274 valence electrons. The number of nitrogens with zero attached hydrogens (tertiary/aromatic N) is 4. The van der Waals surface area contributed by atoms with E-state index in [1.54, 1.807) is 37.8 Å². The molecule has 0 spiro atoms. The fourth-order valence-electron chi connectivity index (χ4n) is 6.31. The van der Waals surface area contributed by atoms with Gasteiger partial charge in [-0.25, -0.2) is 9.37 Å². The van der Waals surface area contributed by atoms with Crippen LogP contribution in [-0.2, 0) is 20.8 Å². The van der Waals surface area contributed by atoms with Gasteiger partial charge < -0.3 is 39.3 Å². The Balaban J connectivity index is 1.09. The molecule has 0 aliphatic carbocycles. The Labute approximate surface area is 304 Å². The zero-order valence-electron chi connectivity index (χ0n) is 29.1. The van der Waals surface area contributed by atoms with Crippen LogP contribution in [0.4, 0.5) is 16.0 Å². The Morgan fingerprint density at radius 1 is 0.925 bits per heavy atom. The molecule has 2 aromatic carbocycles. The van der Waals surface area contributed by atoms with Gasteiger partial charge in [-0.15, -0.1) is 10.2 Å². The molecule has 7 rings (SSSR count). The predicted octanol–water partition coefficient (Wildman–Crippen LogP) is 5.24. The minimum atomic E-state index is -0.647. The Bertz CT molecular complexity index is 2120. The number of nitrogens with one attached hydrogen (secondary N) is 1. The number of amides is 1. The molecule has 3 N–H and O–H groups in total. The van der Waals surface area contributed by atoms with Crippen LogP contribution in [0.5, 0.6) is 11.5 Å². The number of benzene rings is 2. The minimum absolute atomic E-state index is 0.0749. The molecule has 13 nitrogen and oxygen atoms in total. The number of carbonyl (C=O) groups excluding carboxylic acids is 1. The number of ether oxygens (including phenoxy) is 5. The summed E-state index contributed by atoms with van der Waals surface area (Å²) in [6, 6.07) is 16.3. The SMILES string of the molecule is COc1cc(-c2cnc(N)c(-c3ccc(NC(=O)c4cn(CC5CCOCC5)cc(-c5ccc(F)cc5)c4=O)nn3)c2)ccc1OC[C@H]1COCCO1. The molecular weight excluding hydrogens is 683 g/mol. The molecule has 5 aromatic rings. The minimum Gasteiger partial charge on any atom is -0.493 e. The third-order valence-electron chi connectivity index (χ3n) is 9.20. The molecule has 2 aliphatic heterocycles. The second-order valence-corrected chi connectivity index (χ2v) is 12.8. The maximum atomic E-state index is 13.7. The van der Waals surface area contributed by atoms with Crippen molar-refractivity contribution in [2.75, 3.05) is 57.8 Å². The fourth-order valence-corrected chi connectivity index (χ4v) is 6.31.